The molecule has 0 aromatic heterocycles. The van der Waals surface area contributed by atoms with Gasteiger partial charge in [0.1, 0.15) is 29.0 Å². The molecule has 0 radical (unpaired) electrons. The summed E-state index contributed by atoms with van der Waals surface area (Å²) in [5.41, 5.74) is 0.801. The van der Waals surface area contributed by atoms with E-state index in [4.69, 9.17) is 0 Å². The van der Waals surface area contributed by atoms with Crippen molar-refractivity contribution in [3.8, 4) is 0 Å². The van der Waals surface area contributed by atoms with E-state index < -0.39 is 7.26 Å². The van der Waals surface area contributed by atoms with Crippen molar-refractivity contribution in [1.82, 2.24) is 0 Å². The second-order valence-corrected chi connectivity index (χ2v) is 21.0. The van der Waals surface area contributed by atoms with Gasteiger partial charge in [-0.1, -0.05) is 129 Å². The van der Waals surface area contributed by atoms with Crippen LogP contribution >= 0.6 is 7.26 Å². The summed E-state index contributed by atoms with van der Waals surface area (Å²) < 4.78 is 0. The number of hydrogen-bond acceptors (Lipinski definition) is 1. The summed E-state index contributed by atoms with van der Waals surface area (Å²) >= 11 is 0. The molecule has 0 bridgehead atoms. The van der Waals surface area contributed by atoms with E-state index >= 15 is 0 Å². The molecule has 3 aromatic rings. The molecule has 7 atom stereocenters. The molecule has 1 nitrogen and oxygen atoms in total. The lowest BCUT2D eigenvalue weighted by molar-refractivity contribution is -0.128. The maximum absolute atomic E-state index is 11.7. The van der Waals surface area contributed by atoms with E-state index in [-0.39, 0.29) is 5.41 Å². The molecule has 4 aliphatic rings. The second-order valence-electron chi connectivity index (χ2n) is 17.4. The summed E-state index contributed by atoms with van der Waals surface area (Å²) in [5.74, 6) is 5.84. The average Bonchev–Trinajstić information content (AvgIpc) is 3.60. The predicted octanol–water partition coefficient (Wildman–Crippen LogP) is 12.1. The molecule has 3 aromatic carbocycles. The SMILES string of the molecule is CC(C)CCC[P+](c1ccccc1)(c1ccccc1)c1ccccc1.C[C@H]1CCC[C@]2(C)C(=O)CC[C@@H]12.C[C@H]1CCC[C@]2(C)[C@@H](C)CC[C@@H]12. The molecule has 7 rings (SSSR count). The van der Waals surface area contributed by atoms with E-state index in [0.717, 1.165) is 54.3 Å². The van der Waals surface area contributed by atoms with Crippen LogP contribution in [0.4, 0.5) is 0 Å². The van der Waals surface area contributed by atoms with Gasteiger partial charge in [0.2, 0.25) is 0 Å². The van der Waals surface area contributed by atoms with Gasteiger partial charge in [-0.25, -0.2) is 0 Å². The van der Waals surface area contributed by atoms with Crippen molar-refractivity contribution in [1.29, 1.82) is 0 Å². The van der Waals surface area contributed by atoms with Crippen LogP contribution in [0.3, 0.4) is 0 Å². The average molecular weight is 680 g/mol. The third-order valence-corrected chi connectivity index (χ3v) is 18.5. The fourth-order valence-electron chi connectivity index (χ4n) is 10.8. The first-order valence-electron chi connectivity index (χ1n) is 20.1. The van der Waals surface area contributed by atoms with Crippen LogP contribution in [-0.4, -0.2) is 11.9 Å². The van der Waals surface area contributed by atoms with Crippen molar-refractivity contribution in [2.75, 3.05) is 6.16 Å². The molecule has 0 spiro atoms. The molecule has 0 amide bonds. The summed E-state index contributed by atoms with van der Waals surface area (Å²) in [4.78, 5) is 11.7. The Balaban J connectivity index is 0.000000161. The first kappa shape index (κ1) is 38.0. The van der Waals surface area contributed by atoms with Crippen molar-refractivity contribution >= 4 is 29.0 Å². The van der Waals surface area contributed by atoms with E-state index in [2.05, 4.69) is 139 Å². The van der Waals surface area contributed by atoms with Crippen LogP contribution in [0.25, 0.3) is 0 Å². The van der Waals surface area contributed by atoms with Gasteiger partial charge in [-0.2, -0.15) is 0 Å². The number of rotatable bonds is 7. The van der Waals surface area contributed by atoms with Gasteiger partial charge in [0.15, 0.2) is 0 Å². The minimum Gasteiger partial charge on any atom is -0.299 e. The molecule has 4 saturated carbocycles. The lowest BCUT2D eigenvalue weighted by atomic mass is 9.62. The van der Waals surface area contributed by atoms with E-state index in [1.165, 1.54) is 79.9 Å². The molecule has 2 heteroatoms. The Bertz CT molecular complexity index is 1340. The Kier molecular flexibility index (Phi) is 13.1. The molecular formula is C47H68OP+. The lowest BCUT2D eigenvalue weighted by Gasteiger charge is -2.43. The van der Waals surface area contributed by atoms with Crippen LogP contribution in [0.2, 0.25) is 0 Å². The van der Waals surface area contributed by atoms with Crippen LogP contribution in [-0.2, 0) is 4.79 Å². The summed E-state index contributed by atoms with van der Waals surface area (Å²) in [5, 5.41) is 4.49. The molecule has 266 valence electrons. The molecule has 4 aliphatic carbocycles. The maximum Gasteiger partial charge on any atom is 0.139 e. The summed E-state index contributed by atoms with van der Waals surface area (Å²) in [6.45, 7) is 16.7. The molecule has 4 fully saturated rings. The number of carbonyl (C=O) groups is 1. The van der Waals surface area contributed by atoms with Gasteiger partial charge >= 0.3 is 0 Å². The Morgan fingerprint density at radius 1 is 0.653 bits per heavy atom. The first-order chi connectivity index (χ1) is 23.5. The Morgan fingerprint density at radius 2 is 1.14 bits per heavy atom. The van der Waals surface area contributed by atoms with Crippen LogP contribution in [0, 0.1) is 46.3 Å². The lowest BCUT2D eigenvalue weighted by Crippen LogP contribution is -2.36. The van der Waals surface area contributed by atoms with Crippen molar-refractivity contribution in [2.24, 2.45) is 46.3 Å². The standard InChI is InChI=1S/C24H28P.C12H22.C11H18O/c1-21(2)13-12-20-25(22-14-6-3-7-15-22,23-16-8-4-9-17-23)24-18-10-5-11-19-24;1-9-5-4-8-12(3)10(2)6-7-11(9)12;1-8-4-3-7-11(2)9(8)5-6-10(11)12/h3-11,14-19,21H,12-13,20H2,1-2H3;9-11H,4-8H2,1-3H3;8-9H,3-7H2,1-2H3/q+1;;/t;9-,10-,11-,12+;8-,9-,11-/m.00/s1. The molecule has 49 heavy (non-hydrogen) atoms. The third kappa shape index (κ3) is 8.30. The van der Waals surface area contributed by atoms with E-state index in [1.807, 2.05) is 0 Å². The van der Waals surface area contributed by atoms with Gasteiger partial charge in [-0.3, -0.25) is 4.79 Å². The summed E-state index contributed by atoms with van der Waals surface area (Å²) in [6.07, 6.45) is 17.1. The van der Waals surface area contributed by atoms with Gasteiger partial charge in [0.05, 0.1) is 6.16 Å². The highest BCUT2D eigenvalue weighted by molar-refractivity contribution is 7.95. The Hall–Kier alpha value is -2.24. The predicted molar refractivity (Wildman–Crippen MR) is 216 cm³/mol. The quantitative estimate of drug-likeness (QED) is 0.227. The highest BCUT2D eigenvalue weighted by Crippen LogP contribution is 2.58. The zero-order valence-electron chi connectivity index (χ0n) is 32.2. The smallest absolute Gasteiger partial charge is 0.139 e. The minimum absolute atomic E-state index is 0.0810. The van der Waals surface area contributed by atoms with Crippen molar-refractivity contribution in [2.45, 2.75) is 126 Å². The molecule has 0 unspecified atom stereocenters. The van der Waals surface area contributed by atoms with E-state index in [9.17, 15) is 4.79 Å². The fourth-order valence-corrected chi connectivity index (χ4v) is 15.1. The molecule has 0 N–H and O–H groups in total. The molecule has 0 saturated heterocycles. The maximum atomic E-state index is 11.7. The zero-order chi connectivity index (χ0) is 35.1. The van der Waals surface area contributed by atoms with E-state index in [0.29, 0.717) is 11.7 Å². The normalized spacial score (nSPS) is 30.8. The van der Waals surface area contributed by atoms with Crippen LogP contribution in [0.5, 0.6) is 0 Å². The molecular weight excluding hydrogens is 611 g/mol. The monoisotopic (exact) mass is 680 g/mol. The van der Waals surface area contributed by atoms with Gasteiger partial charge in [-0.05, 0) is 122 Å². The third-order valence-electron chi connectivity index (χ3n) is 14.0. The van der Waals surface area contributed by atoms with Crippen molar-refractivity contribution in [3.63, 3.8) is 0 Å². The van der Waals surface area contributed by atoms with Crippen molar-refractivity contribution < 1.29 is 4.79 Å². The molecule has 0 heterocycles. The van der Waals surface area contributed by atoms with Gasteiger partial charge < -0.3 is 0 Å². The van der Waals surface area contributed by atoms with E-state index in [1.54, 1.807) is 0 Å². The molecule has 0 aliphatic heterocycles. The fraction of sp³-hybridized carbons (Fsp3) is 0.596. The topological polar surface area (TPSA) is 17.1 Å². The number of benzene rings is 3. The second kappa shape index (κ2) is 16.9. The minimum atomic E-state index is -1.61. The number of hydrogen-bond donors (Lipinski definition) is 0. The highest BCUT2D eigenvalue weighted by Gasteiger charge is 2.50. The Morgan fingerprint density at radius 3 is 1.61 bits per heavy atom. The largest absolute Gasteiger partial charge is 0.299 e. The van der Waals surface area contributed by atoms with Crippen LogP contribution in [0.15, 0.2) is 91.0 Å². The van der Waals surface area contributed by atoms with Crippen LogP contribution in [0.1, 0.15) is 126 Å². The first-order valence-corrected chi connectivity index (χ1v) is 22.1. The van der Waals surface area contributed by atoms with Crippen molar-refractivity contribution in [3.05, 3.63) is 91.0 Å². The summed E-state index contributed by atoms with van der Waals surface area (Å²) in [7, 11) is -1.61. The zero-order valence-corrected chi connectivity index (χ0v) is 33.1. The Labute approximate surface area is 301 Å². The van der Waals surface area contributed by atoms with Gasteiger partial charge in [-0.15, -0.1) is 0 Å². The number of ketones is 1. The van der Waals surface area contributed by atoms with Crippen LogP contribution < -0.4 is 15.9 Å². The number of Topliss-reactive ketones (excluding diaryl/α,β-unsaturated/α-hetero) is 1. The van der Waals surface area contributed by atoms with Gasteiger partial charge in [0.25, 0.3) is 0 Å². The summed E-state index contributed by atoms with van der Waals surface area (Å²) in [6, 6.07) is 33.6. The van der Waals surface area contributed by atoms with Gasteiger partial charge in [0, 0.05) is 11.8 Å². The number of fused-ring (bicyclic) bond motifs is 2. The highest BCUT2D eigenvalue weighted by atomic mass is 31.2. The number of carbonyl (C=O) groups excluding carboxylic acids is 1.